The van der Waals surface area contributed by atoms with Crippen LogP contribution >= 0.6 is 22.6 Å². The number of halogens is 3. The first kappa shape index (κ1) is 10.8. The van der Waals surface area contributed by atoms with Crippen molar-refractivity contribution in [1.82, 2.24) is 0 Å². The van der Waals surface area contributed by atoms with Gasteiger partial charge in [0.2, 0.25) is 0 Å². The average Bonchev–Trinajstić information content (AvgIpc) is 1.78. The number of hydrogen-bond acceptors (Lipinski definition) is 2. The zero-order chi connectivity index (χ0) is 10.2. The summed E-state index contributed by atoms with van der Waals surface area (Å²) in [6.07, 6.45) is 0. The molecule has 0 radical (unpaired) electrons. The Morgan fingerprint density at radius 1 is 1.31 bits per heavy atom. The van der Waals surface area contributed by atoms with Crippen molar-refractivity contribution < 1.29 is 21.8 Å². The molecule has 1 N–H and O–H groups in total. The summed E-state index contributed by atoms with van der Waals surface area (Å²) in [7, 11) is -4.63. The second kappa shape index (κ2) is 3.46. The van der Waals surface area contributed by atoms with Crippen molar-refractivity contribution in [2.24, 2.45) is 0 Å². The van der Waals surface area contributed by atoms with Crippen LogP contribution in [0, 0.1) is 15.2 Å². The van der Waals surface area contributed by atoms with Crippen LogP contribution in [0.4, 0.5) is 8.78 Å². The summed E-state index contributed by atoms with van der Waals surface area (Å²) in [5.41, 5.74) is 0. The Balaban J connectivity index is 3.57. The largest absolute Gasteiger partial charge is 0.298 e. The first-order valence-electron chi connectivity index (χ1n) is 2.94. The van der Waals surface area contributed by atoms with E-state index in [0.717, 1.165) is 6.07 Å². The van der Waals surface area contributed by atoms with Gasteiger partial charge in [-0.05, 0) is 28.7 Å². The third kappa shape index (κ3) is 2.35. The molecule has 3 nitrogen and oxygen atoms in total. The summed E-state index contributed by atoms with van der Waals surface area (Å²) >= 11 is 1.42. The Bertz CT molecular complexity index is 420. The second-order valence-electron chi connectivity index (χ2n) is 2.17. The highest BCUT2D eigenvalue weighted by molar-refractivity contribution is 14.1. The highest BCUT2D eigenvalue weighted by Gasteiger charge is 2.20. The molecule has 1 aromatic carbocycles. The van der Waals surface area contributed by atoms with Gasteiger partial charge in [0.05, 0.1) is 0 Å². The molecule has 72 valence electrons. The summed E-state index contributed by atoms with van der Waals surface area (Å²) in [5, 5.41) is 0. The van der Waals surface area contributed by atoms with Crippen molar-refractivity contribution >= 4 is 32.7 Å². The molecule has 0 aliphatic heterocycles. The summed E-state index contributed by atoms with van der Waals surface area (Å²) < 4.78 is 54.8. The molecule has 1 rings (SSSR count). The maximum atomic E-state index is 12.8. The van der Waals surface area contributed by atoms with E-state index < -0.39 is 26.6 Å². The van der Waals surface area contributed by atoms with Crippen LogP contribution in [-0.2, 0) is 10.1 Å². The molecule has 0 amide bonds. The fourth-order valence-corrected chi connectivity index (χ4v) is 2.78. The fraction of sp³-hybridized carbons (Fsp3) is 0. The van der Waals surface area contributed by atoms with Crippen molar-refractivity contribution in [3.8, 4) is 0 Å². The van der Waals surface area contributed by atoms with E-state index in [4.69, 9.17) is 4.55 Å². The monoisotopic (exact) mass is 320 g/mol. The van der Waals surface area contributed by atoms with Crippen LogP contribution in [0.25, 0.3) is 0 Å². The minimum atomic E-state index is -4.63. The zero-order valence-corrected chi connectivity index (χ0v) is 8.93. The van der Waals surface area contributed by atoms with Gasteiger partial charge in [0.1, 0.15) is 16.5 Å². The lowest BCUT2D eigenvalue weighted by atomic mass is 10.3. The van der Waals surface area contributed by atoms with E-state index >= 15 is 0 Å². The van der Waals surface area contributed by atoms with Crippen molar-refractivity contribution in [2.45, 2.75) is 4.90 Å². The fourth-order valence-electron chi connectivity index (χ4n) is 0.775. The SMILES string of the molecule is O=S(=O)(O)c1c(F)cc(F)cc1I. The van der Waals surface area contributed by atoms with Gasteiger partial charge in [-0.15, -0.1) is 0 Å². The first-order chi connectivity index (χ1) is 5.82. The van der Waals surface area contributed by atoms with E-state index in [1.54, 1.807) is 0 Å². The van der Waals surface area contributed by atoms with Gasteiger partial charge in [-0.25, -0.2) is 8.78 Å². The average molecular weight is 320 g/mol. The van der Waals surface area contributed by atoms with Crippen LogP contribution < -0.4 is 0 Å². The van der Waals surface area contributed by atoms with Crippen molar-refractivity contribution in [2.75, 3.05) is 0 Å². The van der Waals surface area contributed by atoms with Crippen molar-refractivity contribution in [3.63, 3.8) is 0 Å². The molecule has 0 saturated heterocycles. The molecule has 0 unspecified atom stereocenters. The molecule has 0 aliphatic rings. The highest BCUT2D eigenvalue weighted by atomic mass is 127. The molecule has 0 bridgehead atoms. The number of hydrogen-bond donors (Lipinski definition) is 1. The smallest absolute Gasteiger partial charge is 0.282 e. The molecule has 1 aromatic rings. The van der Waals surface area contributed by atoms with Crippen LogP contribution in [0.2, 0.25) is 0 Å². The Labute approximate surface area is 86.7 Å². The Morgan fingerprint density at radius 2 is 1.85 bits per heavy atom. The molecule has 0 saturated carbocycles. The van der Waals surface area contributed by atoms with Gasteiger partial charge in [-0.3, -0.25) is 4.55 Å². The molecule has 0 heterocycles. The summed E-state index contributed by atoms with van der Waals surface area (Å²) in [4.78, 5) is -0.894. The highest BCUT2D eigenvalue weighted by Crippen LogP contribution is 2.22. The number of benzene rings is 1. The molecular weight excluding hydrogens is 317 g/mol. The van der Waals surface area contributed by atoms with Gasteiger partial charge in [0.25, 0.3) is 10.1 Å². The molecule has 0 spiro atoms. The lowest BCUT2D eigenvalue weighted by molar-refractivity contribution is 0.470. The molecule has 0 atom stereocenters. The van der Waals surface area contributed by atoms with Crippen molar-refractivity contribution in [1.29, 1.82) is 0 Å². The third-order valence-corrected chi connectivity index (χ3v) is 3.37. The molecule has 0 aliphatic carbocycles. The van der Waals surface area contributed by atoms with Crippen LogP contribution in [0.3, 0.4) is 0 Å². The predicted molar refractivity (Wildman–Crippen MR) is 48.9 cm³/mol. The van der Waals surface area contributed by atoms with Crippen LogP contribution in [-0.4, -0.2) is 13.0 Å². The van der Waals surface area contributed by atoms with Gasteiger partial charge in [0.15, 0.2) is 0 Å². The second-order valence-corrected chi connectivity index (χ2v) is 4.69. The van der Waals surface area contributed by atoms with Gasteiger partial charge < -0.3 is 0 Å². The van der Waals surface area contributed by atoms with E-state index in [1.807, 2.05) is 0 Å². The Morgan fingerprint density at radius 3 is 2.23 bits per heavy atom. The van der Waals surface area contributed by atoms with Crippen LogP contribution in [0.15, 0.2) is 17.0 Å². The third-order valence-electron chi connectivity index (χ3n) is 1.22. The molecule has 0 fully saturated rings. The minimum absolute atomic E-state index is 0.197. The summed E-state index contributed by atoms with van der Waals surface area (Å²) in [6.45, 7) is 0. The lowest BCUT2D eigenvalue weighted by Crippen LogP contribution is -2.05. The van der Waals surface area contributed by atoms with Crippen molar-refractivity contribution in [3.05, 3.63) is 27.3 Å². The summed E-state index contributed by atoms with van der Waals surface area (Å²) in [5.74, 6) is -2.19. The van der Waals surface area contributed by atoms with E-state index in [2.05, 4.69) is 0 Å². The van der Waals surface area contributed by atoms with Gasteiger partial charge in [0, 0.05) is 9.64 Å². The first-order valence-corrected chi connectivity index (χ1v) is 5.46. The zero-order valence-electron chi connectivity index (χ0n) is 5.96. The number of rotatable bonds is 1. The van der Waals surface area contributed by atoms with E-state index in [-0.39, 0.29) is 3.57 Å². The van der Waals surface area contributed by atoms with Gasteiger partial charge in [-0.2, -0.15) is 8.42 Å². The quantitative estimate of drug-likeness (QED) is 0.634. The normalized spacial score (nSPS) is 11.7. The maximum Gasteiger partial charge on any atom is 0.298 e. The topological polar surface area (TPSA) is 54.4 Å². The van der Waals surface area contributed by atoms with Crippen LogP contribution in [0.1, 0.15) is 0 Å². The van der Waals surface area contributed by atoms with Gasteiger partial charge in [-0.1, -0.05) is 0 Å². The van der Waals surface area contributed by atoms with E-state index in [9.17, 15) is 17.2 Å². The molecule has 7 heteroatoms. The Kier molecular flexibility index (Phi) is 2.88. The molecule has 13 heavy (non-hydrogen) atoms. The van der Waals surface area contributed by atoms with Gasteiger partial charge >= 0.3 is 0 Å². The summed E-state index contributed by atoms with van der Waals surface area (Å²) in [6, 6.07) is 1.21. The minimum Gasteiger partial charge on any atom is -0.282 e. The predicted octanol–water partition coefficient (Wildman–Crippen LogP) is 1.82. The molecule has 0 aromatic heterocycles. The maximum absolute atomic E-state index is 12.8. The standard InChI is InChI=1S/C6H3F2IO3S/c7-3-1-4(8)6(5(9)2-3)13(10,11)12/h1-2H,(H,10,11,12). The molecular formula is C6H3F2IO3S. The Hall–Kier alpha value is -0.280. The van der Waals surface area contributed by atoms with Crippen LogP contribution in [0.5, 0.6) is 0 Å². The van der Waals surface area contributed by atoms with E-state index in [0.29, 0.717) is 6.07 Å². The lowest BCUT2D eigenvalue weighted by Gasteiger charge is -2.01. The van der Waals surface area contributed by atoms with E-state index in [1.165, 1.54) is 22.6 Å².